The molecule has 0 radical (unpaired) electrons. The number of carbonyl (C=O) groups is 3. The number of nitrogens with one attached hydrogen (secondary N) is 1. The SMILES string of the molecule is CCCOc1ccc(/C=C/C(=O)OCC(=O)N2CCN(C(=O)Nc3ccccc3)CC2)cc1OCC. The van der Waals surface area contributed by atoms with E-state index in [4.69, 9.17) is 14.2 Å². The van der Waals surface area contributed by atoms with Gasteiger partial charge in [0, 0.05) is 37.9 Å². The van der Waals surface area contributed by atoms with Gasteiger partial charge in [0.2, 0.25) is 0 Å². The fourth-order valence-corrected chi connectivity index (χ4v) is 3.55. The van der Waals surface area contributed by atoms with Crippen LogP contribution in [0.5, 0.6) is 11.5 Å². The van der Waals surface area contributed by atoms with E-state index in [9.17, 15) is 14.4 Å². The number of carbonyl (C=O) groups excluding carboxylic acids is 3. The van der Waals surface area contributed by atoms with Crippen molar-refractivity contribution in [2.75, 3.05) is 51.3 Å². The minimum absolute atomic E-state index is 0.206. The highest BCUT2D eigenvalue weighted by atomic mass is 16.5. The van der Waals surface area contributed by atoms with Gasteiger partial charge < -0.3 is 29.3 Å². The molecular weight excluding hydrogens is 462 g/mol. The summed E-state index contributed by atoms with van der Waals surface area (Å²) < 4.78 is 16.4. The Labute approximate surface area is 211 Å². The van der Waals surface area contributed by atoms with E-state index in [1.54, 1.807) is 28.0 Å². The van der Waals surface area contributed by atoms with Crippen LogP contribution in [-0.2, 0) is 14.3 Å². The van der Waals surface area contributed by atoms with Crippen molar-refractivity contribution in [3.8, 4) is 11.5 Å². The van der Waals surface area contributed by atoms with Gasteiger partial charge in [-0.1, -0.05) is 31.2 Å². The van der Waals surface area contributed by atoms with Crippen LogP contribution < -0.4 is 14.8 Å². The van der Waals surface area contributed by atoms with E-state index in [1.165, 1.54) is 6.08 Å². The van der Waals surface area contributed by atoms with E-state index in [1.807, 2.05) is 50.2 Å². The molecule has 1 aliphatic heterocycles. The molecule has 1 heterocycles. The van der Waals surface area contributed by atoms with Gasteiger partial charge in [0.25, 0.3) is 5.91 Å². The van der Waals surface area contributed by atoms with E-state index < -0.39 is 5.97 Å². The second-order valence-electron chi connectivity index (χ2n) is 8.09. The molecule has 3 amide bonds. The Morgan fingerprint density at radius 1 is 0.917 bits per heavy atom. The van der Waals surface area contributed by atoms with Gasteiger partial charge in [-0.25, -0.2) is 9.59 Å². The van der Waals surface area contributed by atoms with Gasteiger partial charge >= 0.3 is 12.0 Å². The molecule has 2 aromatic rings. The molecule has 0 saturated carbocycles. The van der Waals surface area contributed by atoms with Crippen LogP contribution in [0.25, 0.3) is 6.08 Å². The van der Waals surface area contributed by atoms with Gasteiger partial charge in [0.05, 0.1) is 13.2 Å². The first-order chi connectivity index (χ1) is 17.5. The fourth-order valence-electron chi connectivity index (χ4n) is 3.55. The van der Waals surface area contributed by atoms with Gasteiger partial charge in [-0.05, 0) is 49.2 Å². The average molecular weight is 496 g/mol. The maximum absolute atomic E-state index is 12.5. The number of anilines is 1. The largest absolute Gasteiger partial charge is 0.490 e. The van der Waals surface area contributed by atoms with E-state index >= 15 is 0 Å². The summed E-state index contributed by atoms with van der Waals surface area (Å²) in [6.45, 7) is 6.20. The molecule has 9 heteroatoms. The van der Waals surface area contributed by atoms with Crippen LogP contribution >= 0.6 is 0 Å². The van der Waals surface area contributed by atoms with Crippen molar-refractivity contribution in [3.63, 3.8) is 0 Å². The van der Waals surface area contributed by atoms with Crippen molar-refractivity contribution in [3.05, 3.63) is 60.2 Å². The second-order valence-corrected chi connectivity index (χ2v) is 8.09. The Balaban J connectivity index is 1.43. The third-order valence-corrected chi connectivity index (χ3v) is 5.42. The maximum atomic E-state index is 12.5. The fraction of sp³-hybridized carbons (Fsp3) is 0.370. The second kappa shape index (κ2) is 13.8. The van der Waals surface area contributed by atoms with Crippen molar-refractivity contribution in [2.24, 2.45) is 0 Å². The molecule has 0 aliphatic carbocycles. The van der Waals surface area contributed by atoms with Crippen LogP contribution in [0.4, 0.5) is 10.5 Å². The van der Waals surface area contributed by atoms with Crippen LogP contribution in [0, 0.1) is 0 Å². The van der Waals surface area contributed by atoms with Gasteiger partial charge in [-0.2, -0.15) is 0 Å². The minimum Gasteiger partial charge on any atom is -0.490 e. The Bertz CT molecular complexity index is 1050. The molecule has 1 fully saturated rings. The summed E-state index contributed by atoms with van der Waals surface area (Å²) in [5.74, 6) is 0.347. The zero-order valence-corrected chi connectivity index (χ0v) is 20.8. The summed E-state index contributed by atoms with van der Waals surface area (Å²) in [5.41, 5.74) is 1.46. The van der Waals surface area contributed by atoms with Crippen molar-refractivity contribution in [1.29, 1.82) is 0 Å². The Hall–Kier alpha value is -4.01. The standard InChI is InChI=1S/C27H33N3O6/c1-3-18-35-23-12-10-21(19-24(23)34-4-2)11-13-26(32)36-20-25(31)29-14-16-30(17-15-29)27(33)28-22-8-6-5-7-9-22/h5-13,19H,3-4,14-18,20H2,1-2H3,(H,28,33)/b13-11+. The molecule has 0 aromatic heterocycles. The van der Waals surface area contributed by atoms with Crippen molar-refractivity contribution in [2.45, 2.75) is 20.3 Å². The van der Waals surface area contributed by atoms with Gasteiger partial charge in [-0.15, -0.1) is 0 Å². The van der Waals surface area contributed by atoms with Crippen LogP contribution in [-0.4, -0.2) is 73.7 Å². The number of urea groups is 1. The molecule has 36 heavy (non-hydrogen) atoms. The number of piperazine rings is 1. The molecule has 1 aliphatic rings. The number of nitrogens with zero attached hydrogens (tertiary/aromatic N) is 2. The van der Waals surface area contributed by atoms with Crippen molar-refractivity contribution in [1.82, 2.24) is 9.80 Å². The Morgan fingerprint density at radius 3 is 2.33 bits per heavy atom. The average Bonchev–Trinajstić information content (AvgIpc) is 2.90. The predicted molar refractivity (Wildman–Crippen MR) is 137 cm³/mol. The summed E-state index contributed by atoms with van der Waals surface area (Å²) >= 11 is 0. The molecule has 0 bridgehead atoms. The minimum atomic E-state index is -0.617. The van der Waals surface area contributed by atoms with Crippen LogP contribution in [0.3, 0.4) is 0 Å². The van der Waals surface area contributed by atoms with Crippen LogP contribution in [0.2, 0.25) is 0 Å². The lowest BCUT2D eigenvalue weighted by molar-refractivity contribution is -0.148. The smallest absolute Gasteiger partial charge is 0.331 e. The first-order valence-corrected chi connectivity index (χ1v) is 12.1. The van der Waals surface area contributed by atoms with E-state index in [0.29, 0.717) is 50.9 Å². The predicted octanol–water partition coefficient (Wildman–Crippen LogP) is 3.81. The van der Waals surface area contributed by atoms with Gasteiger partial charge in [0.15, 0.2) is 18.1 Å². The summed E-state index contributed by atoms with van der Waals surface area (Å²) in [6, 6.07) is 14.4. The normalized spacial score (nSPS) is 13.4. The molecule has 2 aromatic carbocycles. The number of esters is 1. The lowest BCUT2D eigenvalue weighted by Gasteiger charge is -2.34. The van der Waals surface area contributed by atoms with E-state index in [-0.39, 0.29) is 18.5 Å². The van der Waals surface area contributed by atoms with E-state index in [2.05, 4.69) is 5.32 Å². The highest BCUT2D eigenvalue weighted by Gasteiger charge is 2.24. The first-order valence-electron chi connectivity index (χ1n) is 12.1. The lowest BCUT2D eigenvalue weighted by atomic mass is 10.2. The summed E-state index contributed by atoms with van der Waals surface area (Å²) in [4.78, 5) is 40.2. The molecule has 0 unspecified atom stereocenters. The van der Waals surface area contributed by atoms with Crippen molar-refractivity contribution < 1.29 is 28.6 Å². The molecule has 3 rings (SSSR count). The maximum Gasteiger partial charge on any atom is 0.331 e. The van der Waals surface area contributed by atoms with Crippen LogP contribution in [0.15, 0.2) is 54.6 Å². The third kappa shape index (κ3) is 8.04. The molecule has 192 valence electrons. The molecular formula is C27H33N3O6. The zero-order valence-electron chi connectivity index (χ0n) is 20.8. The third-order valence-electron chi connectivity index (χ3n) is 5.42. The summed E-state index contributed by atoms with van der Waals surface area (Å²) in [7, 11) is 0. The number of rotatable bonds is 10. The van der Waals surface area contributed by atoms with Crippen LogP contribution in [0.1, 0.15) is 25.8 Å². The van der Waals surface area contributed by atoms with Gasteiger partial charge in [0.1, 0.15) is 0 Å². The quantitative estimate of drug-likeness (QED) is 0.398. The number of amides is 3. The highest BCUT2D eigenvalue weighted by molar-refractivity contribution is 5.90. The summed E-state index contributed by atoms with van der Waals surface area (Å²) in [6.07, 6.45) is 3.76. The Morgan fingerprint density at radius 2 is 1.64 bits per heavy atom. The molecule has 9 nitrogen and oxygen atoms in total. The lowest BCUT2D eigenvalue weighted by Crippen LogP contribution is -2.52. The number of benzene rings is 2. The number of hydrogen-bond acceptors (Lipinski definition) is 6. The highest BCUT2D eigenvalue weighted by Crippen LogP contribution is 2.29. The monoisotopic (exact) mass is 495 g/mol. The summed E-state index contributed by atoms with van der Waals surface area (Å²) in [5, 5.41) is 2.84. The first kappa shape index (κ1) is 26.6. The number of hydrogen-bond donors (Lipinski definition) is 1. The molecule has 0 spiro atoms. The van der Waals surface area contributed by atoms with Crippen molar-refractivity contribution >= 4 is 29.7 Å². The topological polar surface area (TPSA) is 97.4 Å². The number of para-hydroxylation sites is 1. The number of ether oxygens (including phenoxy) is 3. The molecule has 0 atom stereocenters. The zero-order chi connectivity index (χ0) is 25.8. The molecule has 1 saturated heterocycles. The Kier molecular flexibility index (Phi) is 10.2. The molecule has 1 N–H and O–H groups in total. The van der Waals surface area contributed by atoms with Gasteiger partial charge in [-0.3, -0.25) is 4.79 Å². The van der Waals surface area contributed by atoms with E-state index in [0.717, 1.165) is 17.7 Å².